The van der Waals surface area contributed by atoms with Crippen LogP contribution in [0.3, 0.4) is 0 Å². The maximum Gasteiger partial charge on any atom is 0.328 e. The van der Waals surface area contributed by atoms with Gasteiger partial charge in [-0.25, -0.2) is 9.59 Å². The second kappa shape index (κ2) is 9.15. The molecule has 0 aliphatic heterocycles. The van der Waals surface area contributed by atoms with Crippen molar-refractivity contribution in [3.05, 3.63) is 0 Å². The molecule has 0 fully saturated rings. The molecule has 0 unspecified atom stereocenters. The molecule has 8 heteroatoms. The van der Waals surface area contributed by atoms with E-state index in [-0.39, 0.29) is 19.7 Å². The molecule has 0 saturated heterocycles. The van der Waals surface area contributed by atoms with Crippen molar-refractivity contribution in [3.8, 4) is 0 Å². The molecule has 0 radical (unpaired) electrons. The van der Waals surface area contributed by atoms with Crippen LogP contribution >= 0.6 is 0 Å². The zero-order valence-electron chi connectivity index (χ0n) is 11.1. The highest BCUT2D eigenvalue weighted by Gasteiger charge is 2.23. The number of aliphatic carboxylic acids is 1. The van der Waals surface area contributed by atoms with Crippen LogP contribution in [0.25, 0.3) is 0 Å². The Morgan fingerprint density at radius 1 is 1.32 bits per heavy atom. The van der Waals surface area contributed by atoms with Crippen LogP contribution in [-0.2, 0) is 14.3 Å². The van der Waals surface area contributed by atoms with E-state index in [2.05, 4.69) is 5.32 Å². The Balaban J connectivity index is 4.55. The standard InChI is InChI=1S/C11H20N2O6/c1-3-5-13(6-9(15)19-4-2)11(18)12-8(7-14)10(16)17/h8,14H,3-7H2,1-2H3,(H,12,18)(H,16,17)/t8-/m0/s1. The summed E-state index contributed by atoms with van der Waals surface area (Å²) in [7, 11) is 0. The number of carboxylic acid groups (broad SMARTS) is 1. The topological polar surface area (TPSA) is 116 Å². The summed E-state index contributed by atoms with van der Waals surface area (Å²) in [5.41, 5.74) is 0. The number of ether oxygens (including phenoxy) is 1. The molecule has 0 aromatic heterocycles. The first-order valence-electron chi connectivity index (χ1n) is 6.00. The van der Waals surface area contributed by atoms with Crippen molar-refractivity contribution in [2.75, 3.05) is 26.3 Å². The normalized spacial score (nSPS) is 11.5. The van der Waals surface area contributed by atoms with Gasteiger partial charge in [0.05, 0.1) is 13.2 Å². The van der Waals surface area contributed by atoms with Crippen molar-refractivity contribution in [2.45, 2.75) is 26.3 Å². The number of esters is 1. The number of hydrogen-bond acceptors (Lipinski definition) is 5. The second-order valence-electron chi connectivity index (χ2n) is 3.75. The number of amides is 2. The lowest BCUT2D eigenvalue weighted by Gasteiger charge is -2.23. The fraction of sp³-hybridized carbons (Fsp3) is 0.727. The largest absolute Gasteiger partial charge is 0.480 e. The number of aliphatic hydroxyl groups excluding tert-OH is 1. The summed E-state index contributed by atoms with van der Waals surface area (Å²) < 4.78 is 4.72. The number of carbonyl (C=O) groups excluding carboxylic acids is 2. The molecule has 0 rings (SSSR count). The Morgan fingerprint density at radius 2 is 1.95 bits per heavy atom. The lowest BCUT2D eigenvalue weighted by Crippen LogP contribution is -2.51. The second-order valence-corrected chi connectivity index (χ2v) is 3.75. The number of nitrogens with one attached hydrogen (secondary N) is 1. The maximum absolute atomic E-state index is 11.8. The van der Waals surface area contributed by atoms with Gasteiger partial charge in [-0.2, -0.15) is 0 Å². The SMILES string of the molecule is CCCN(CC(=O)OCC)C(=O)N[C@@H](CO)C(=O)O. The van der Waals surface area contributed by atoms with Crippen LogP contribution in [0.5, 0.6) is 0 Å². The lowest BCUT2D eigenvalue weighted by molar-refractivity contribution is -0.143. The van der Waals surface area contributed by atoms with Crippen molar-refractivity contribution in [2.24, 2.45) is 0 Å². The van der Waals surface area contributed by atoms with Crippen molar-refractivity contribution in [1.29, 1.82) is 0 Å². The molecule has 110 valence electrons. The number of hydrogen-bond donors (Lipinski definition) is 3. The minimum absolute atomic E-state index is 0.203. The summed E-state index contributed by atoms with van der Waals surface area (Å²) in [6, 6.07) is -2.12. The van der Waals surface area contributed by atoms with Gasteiger partial charge in [0.2, 0.25) is 0 Å². The van der Waals surface area contributed by atoms with Crippen LogP contribution in [-0.4, -0.2) is 65.4 Å². The quantitative estimate of drug-likeness (QED) is 0.511. The van der Waals surface area contributed by atoms with Crippen molar-refractivity contribution in [3.63, 3.8) is 0 Å². The van der Waals surface area contributed by atoms with Gasteiger partial charge < -0.3 is 25.2 Å². The number of aliphatic hydroxyl groups is 1. The first kappa shape index (κ1) is 17.2. The molecule has 0 spiro atoms. The highest BCUT2D eigenvalue weighted by Crippen LogP contribution is 1.96. The molecule has 0 bridgehead atoms. The average Bonchev–Trinajstić information content (AvgIpc) is 2.35. The van der Waals surface area contributed by atoms with E-state index in [1.807, 2.05) is 6.92 Å². The molecular weight excluding hydrogens is 256 g/mol. The van der Waals surface area contributed by atoms with Crippen molar-refractivity contribution < 1.29 is 29.3 Å². The van der Waals surface area contributed by atoms with Crippen molar-refractivity contribution in [1.82, 2.24) is 10.2 Å². The third-order valence-corrected chi connectivity index (χ3v) is 2.18. The van der Waals surface area contributed by atoms with Gasteiger partial charge in [-0.1, -0.05) is 6.92 Å². The zero-order valence-corrected chi connectivity index (χ0v) is 11.1. The van der Waals surface area contributed by atoms with E-state index < -0.39 is 30.6 Å². The number of rotatable bonds is 8. The predicted molar refractivity (Wildman–Crippen MR) is 65.5 cm³/mol. The molecule has 1 atom stereocenters. The van der Waals surface area contributed by atoms with Gasteiger partial charge in [-0.15, -0.1) is 0 Å². The summed E-state index contributed by atoms with van der Waals surface area (Å²) >= 11 is 0. The van der Waals surface area contributed by atoms with E-state index in [1.54, 1.807) is 6.92 Å². The fourth-order valence-corrected chi connectivity index (χ4v) is 1.31. The van der Waals surface area contributed by atoms with Gasteiger partial charge in [0.15, 0.2) is 6.04 Å². The molecule has 0 aliphatic rings. The molecule has 0 aliphatic carbocycles. The lowest BCUT2D eigenvalue weighted by atomic mass is 10.3. The minimum atomic E-state index is -1.39. The van der Waals surface area contributed by atoms with E-state index in [1.165, 1.54) is 0 Å². The van der Waals surface area contributed by atoms with E-state index in [9.17, 15) is 14.4 Å². The van der Waals surface area contributed by atoms with Crippen LogP contribution in [0, 0.1) is 0 Å². The third-order valence-electron chi connectivity index (χ3n) is 2.18. The van der Waals surface area contributed by atoms with Crippen molar-refractivity contribution >= 4 is 18.0 Å². The van der Waals surface area contributed by atoms with E-state index in [4.69, 9.17) is 14.9 Å². The third kappa shape index (κ3) is 6.61. The smallest absolute Gasteiger partial charge is 0.328 e. The van der Waals surface area contributed by atoms with Crippen LogP contribution in [0.15, 0.2) is 0 Å². The highest BCUT2D eigenvalue weighted by atomic mass is 16.5. The zero-order chi connectivity index (χ0) is 14.8. The molecule has 0 heterocycles. The van der Waals surface area contributed by atoms with Gasteiger partial charge in [-0.05, 0) is 13.3 Å². The Labute approximate surface area is 111 Å². The van der Waals surface area contributed by atoms with Gasteiger partial charge in [0.1, 0.15) is 6.54 Å². The van der Waals surface area contributed by atoms with E-state index >= 15 is 0 Å². The van der Waals surface area contributed by atoms with Crippen LogP contribution in [0.2, 0.25) is 0 Å². The Hall–Kier alpha value is -1.83. The monoisotopic (exact) mass is 276 g/mol. The Bertz CT molecular complexity index is 320. The molecule has 0 aromatic rings. The number of carbonyl (C=O) groups is 3. The molecular formula is C11H20N2O6. The molecule has 19 heavy (non-hydrogen) atoms. The summed E-state index contributed by atoms with van der Waals surface area (Å²) in [5, 5.41) is 19.7. The number of carboxylic acids is 1. The van der Waals surface area contributed by atoms with Crippen LogP contribution < -0.4 is 5.32 Å². The van der Waals surface area contributed by atoms with E-state index in [0.29, 0.717) is 6.42 Å². The Morgan fingerprint density at radius 3 is 2.37 bits per heavy atom. The average molecular weight is 276 g/mol. The molecule has 0 aromatic carbocycles. The predicted octanol–water partition coefficient (Wildman–Crippen LogP) is -0.583. The van der Waals surface area contributed by atoms with Crippen LogP contribution in [0.1, 0.15) is 20.3 Å². The Kier molecular flexibility index (Phi) is 8.27. The first-order valence-corrected chi connectivity index (χ1v) is 6.00. The summed E-state index contributed by atoms with van der Waals surface area (Å²) in [6.07, 6.45) is 0.601. The summed E-state index contributed by atoms with van der Waals surface area (Å²) in [6.45, 7) is 2.96. The fourth-order valence-electron chi connectivity index (χ4n) is 1.31. The van der Waals surface area contributed by atoms with Gasteiger partial charge in [0.25, 0.3) is 0 Å². The summed E-state index contributed by atoms with van der Waals surface area (Å²) in [4.78, 5) is 34.9. The first-order chi connectivity index (χ1) is 8.96. The molecule has 0 saturated carbocycles. The number of urea groups is 1. The van der Waals surface area contributed by atoms with Crippen LogP contribution in [0.4, 0.5) is 4.79 Å². The van der Waals surface area contributed by atoms with Gasteiger partial charge >= 0.3 is 18.0 Å². The maximum atomic E-state index is 11.8. The number of nitrogens with zero attached hydrogens (tertiary/aromatic N) is 1. The molecule has 2 amide bonds. The molecule has 8 nitrogen and oxygen atoms in total. The molecule has 3 N–H and O–H groups in total. The van der Waals surface area contributed by atoms with E-state index in [0.717, 1.165) is 4.90 Å². The van der Waals surface area contributed by atoms with Gasteiger partial charge in [-0.3, -0.25) is 4.79 Å². The van der Waals surface area contributed by atoms with Gasteiger partial charge in [0, 0.05) is 6.54 Å². The highest BCUT2D eigenvalue weighted by molar-refractivity contribution is 5.85. The summed E-state index contributed by atoms with van der Waals surface area (Å²) in [5.74, 6) is -1.91. The minimum Gasteiger partial charge on any atom is -0.480 e.